The second-order valence-electron chi connectivity index (χ2n) is 3.60. The Morgan fingerprint density at radius 1 is 1.47 bits per heavy atom. The predicted molar refractivity (Wildman–Crippen MR) is 56.5 cm³/mol. The number of hydrogen-bond donors (Lipinski definition) is 2. The molecule has 0 aromatic carbocycles. The third-order valence-corrected chi connectivity index (χ3v) is 1.76. The molecule has 1 aromatic rings. The number of ether oxygens (including phenoxy) is 1. The number of aliphatic hydroxyl groups excluding tert-OH is 1. The van der Waals surface area contributed by atoms with Gasteiger partial charge in [0, 0.05) is 12.6 Å². The van der Waals surface area contributed by atoms with Gasteiger partial charge < -0.3 is 15.6 Å². The van der Waals surface area contributed by atoms with Crippen molar-refractivity contribution in [3.63, 3.8) is 0 Å². The van der Waals surface area contributed by atoms with Gasteiger partial charge in [-0.05, 0) is 20.8 Å². The first-order valence-electron chi connectivity index (χ1n) is 4.93. The summed E-state index contributed by atoms with van der Waals surface area (Å²) in [6, 6.07) is 1.62. The van der Waals surface area contributed by atoms with E-state index in [1.54, 1.807) is 13.0 Å². The molecule has 1 rings (SSSR count). The molecule has 1 atom stereocenters. The molecule has 3 N–H and O–H groups in total. The fourth-order valence-electron chi connectivity index (χ4n) is 1.16. The Morgan fingerprint density at radius 2 is 2.13 bits per heavy atom. The summed E-state index contributed by atoms with van der Waals surface area (Å²) in [4.78, 5) is 8.20. The Hall–Kier alpha value is -1.20. The maximum atomic E-state index is 9.54. The second kappa shape index (κ2) is 5.04. The quantitative estimate of drug-likeness (QED) is 0.760. The minimum absolute atomic E-state index is 0.0437. The minimum atomic E-state index is -0.763. The number of aryl methyl sites for hydroxylation is 1. The molecule has 84 valence electrons. The minimum Gasteiger partial charge on any atom is -0.475 e. The van der Waals surface area contributed by atoms with Crippen LogP contribution in [0, 0.1) is 6.92 Å². The van der Waals surface area contributed by atoms with Crippen molar-refractivity contribution in [2.45, 2.75) is 33.0 Å². The van der Waals surface area contributed by atoms with E-state index in [0.717, 1.165) is 0 Å². The normalized spacial score (nSPS) is 12.9. The van der Waals surface area contributed by atoms with E-state index in [4.69, 9.17) is 10.5 Å². The molecule has 0 radical (unpaired) electrons. The maximum absolute atomic E-state index is 9.54. The Labute approximate surface area is 89.3 Å². The van der Waals surface area contributed by atoms with Gasteiger partial charge in [0.25, 0.3) is 0 Å². The molecule has 1 aromatic heterocycles. The Bertz CT molecular complexity index is 328. The molecule has 0 bridgehead atoms. The summed E-state index contributed by atoms with van der Waals surface area (Å²) in [6.07, 6.45) is -0.719. The summed E-state index contributed by atoms with van der Waals surface area (Å²) in [6.45, 7) is 5.71. The molecule has 0 amide bonds. The van der Waals surface area contributed by atoms with E-state index in [1.165, 1.54) is 0 Å². The van der Waals surface area contributed by atoms with Crippen LogP contribution in [-0.4, -0.2) is 27.7 Å². The number of rotatable bonds is 4. The lowest BCUT2D eigenvalue weighted by molar-refractivity contribution is 0.178. The summed E-state index contributed by atoms with van der Waals surface area (Å²) in [7, 11) is 0. The molecule has 0 saturated carbocycles. The average molecular weight is 211 g/mol. The first-order chi connectivity index (χ1) is 7.02. The number of hydrogen-bond acceptors (Lipinski definition) is 5. The van der Waals surface area contributed by atoms with Gasteiger partial charge in [-0.2, -0.15) is 4.98 Å². The highest BCUT2D eigenvalue weighted by atomic mass is 16.5. The van der Waals surface area contributed by atoms with E-state index in [0.29, 0.717) is 17.4 Å². The summed E-state index contributed by atoms with van der Waals surface area (Å²) in [5, 5.41) is 9.54. The van der Waals surface area contributed by atoms with Crippen molar-refractivity contribution in [2.24, 2.45) is 5.73 Å². The van der Waals surface area contributed by atoms with Gasteiger partial charge >= 0.3 is 0 Å². The van der Waals surface area contributed by atoms with E-state index in [2.05, 4.69) is 9.97 Å². The Kier molecular flexibility index (Phi) is 3.99. The van der Waals surface area contributed by atoms with E-state index in [9.17, 15) is 5.11 Å². The van der Waals surface area contributed by atoms with Gasteiger partial charge in [0.05, 0.1) is 11.8 Å². The predicted octanol–water partition coefficient (Wildman–Crippen LogP) is 0.564. The molecule has 1 heterocycles. The zero-order chi connectivity index (χ0) is 11.4. The van der Waals surface area contributed by atoms with Crippen molar-refractivity contribution in [1.82, 2.24) is 9.97 Å². The lowest BCUT2D eigenvalue weighted by Gasteiger charge is -2.12. The van der Waals surface area contributed by atoms with Gasteiger partial charge in [-0.15, -0.1) is 0 Å². The van der Waals surface area contributed by atoms with Crippen LogP contribution >= 0.6 is 0 Å². The lowest BCUT2D eigenvalue weighted by Crippen LogP contribution is -2.15. The van der Waals surface area contributed by atoms with Crippen LogP contribution in [0.3, 0.4) is 0 Å². The molecule has 0 aliphatic heterocycles. The highest BCUT2D eigenvalue weighted by molar-refractivity contribution is 5.18. The topological polar surface area (TPSA) is 81.3 Å². The number of aliphatic hydroxyl groups is 1. The molecule has 15 heavy (non-hydrogen) atoms. The standard InChI is InChI=1S/C10H17N3O2/c1-6(2)15-10-4-8(9(14)5-11)12-7(3)13-10/h4,6,9,14H,5,11H2,1-3H3. The van der Waals surface area contributed by atoms with Gasteiger partial charge in [0.15, 0.2) is 0 Å². The van der Waals surface area contributed by atoms with Gasteiger partial charge in [-0.3, -0.25) is 0 Å². The highest BCUT2D eigenvalue weighted by Crippen LogP contribution is 2.16. The largest absolute Gasteiger partial charge is 0.475 e. The third-order valence-electron chi connectivity index (χ3n) is 1.76. The molecule has 1 unspecified atom stereocenters. The number of aromatic nitrogens is 2. The van der Waals surface area contributed by atoms with E-state index in [-0.39, 0.29) is 12.6 Å². The fourth-order valence-corrected chi connectivity index (χ4v) is 1.16. The molecule has 0 aliphatic carbocycles. The monoisotopic (exact) mass is 211 g/mol. The maximum Gasteiger partial charge on any atom is 0.217 e. The van der Waals surface area contributed by atoms with Gasteiger partial charge in [0.2, 0.25) is 5.88 Å². The molecular weight excluding hydrogens is 194 g/mol. The van der Waals surface area contributed by atoms with Crippen LogP contribution in [0.2, 0.25) is 0 Å². The van der Waals surface area contributed by atoms with E-state index in [1.807, 2.05) is 13.8 Å². The van der Waals surface area contributed by atoms with Crippen LogP contribution in [0.15, 0.2) is 6.07 Å². The van der Waals surface area contributed by atoms with Crippen LogP contribution in [0.1, 0.15) is 31.5 Å². The zero-order valence-electron chi connectivity index (χ0n) is 9.27. The van der Waals surface area contributed by atoms with Crippen LogP contribution < -0.4 is 10.5 Å². The highest BCUT2D eigenvalue weighted by Gasteiger charge is 2.11. The molecule has 0 aliphatic rings. The smallest absolute Gasteiger partial charge is 0.217 e. The van der Waals surface area contributed by atoms with Crippen LogP contribution in [0.5, 0.6) is 5.88 Å². The number of nitrogens with two attached hydrogens (primary N) is 1. The van der Waals surface area contributed by atoms with E-state index < -0.39 is 6.10 Å². The van der Waals surface area contributed by atoms with Crippen LogP contribution in [-0.2, 0) is 0 Å². The number of nitrogens with zero attached hydrogens (tertiary/aromatic N) is 2. The first-order valence-corrected chi connectivity index (χ1v) is 4.93. The zero-order valence-corrected chi connectivity index (χ0v) is 9.27. The molecule has 5 heteroatoms. The van der Waals surface area contributed by atoms with Crippen LogP contribution in [0.25, 0.3) is 0 Å². The molecule has 0 fully saturated rings. The molecule has 0 saturated heterocycles. The van der Waals surface area contributed by atoms with E-state index >= 15 is 0 Å². The summed E-state index contributed by atoms with van der Waals surface area (Å²) < 4.78 is 5.43. The van der Waals surface area contributed by atoms with Gasteiger partial charge in [-0.1, -0.05) is 0 Å². The van der Waals surface area contributed by atoms with Crippen molar-refractivity contribution >= 4 is 0 Å². The summed E-state index contributed by atoms with van der Waals surface area (Å²) >= 11 is 0. The van der Waals surface area contributed by atoms with Crippen molar-refractivity contribution in [3.8, 4) is 5.88 Å². The molecule has 0 spiro atoms. The summed E-state index contributed by atoms with van der Waals surface area (Å²) in [5.74, 6) is 1.04. The van der Waals surface area contributed by atoms with Gasteiger partial charge in [0.1, 0.15) is 11.9 Å². The van der Waals surface area contributed by atoms with Crippen LogP contribution in [0.4, 0.5) is 0 Å². The first kappa shape index (κ1) is 11.9. The van der Waals surface area contributed by atoms with Crippen molar-refractivity contribution in [1.29, 1.82) is 0 Å². The molecule has 5 nitrogen and oxygen atoms in total. The SMILES string of the molecule is Cc1nc(OC(C)C)cc(C(O)CN)n1. The third kappa shape index (κ3) is 3.45. The van der Waals surface area contributed by atoms with Gasteiger partial charge in [-0.25, -0.2) is 4.98 Å². The molecular formula is C10H17N3O2. The fraction of sp³-hybridized carbons (Fsp3) is 0.600. The Balaban J connectivity index is 2.94. The lowest BCUT2D eigenvalue weighted by atomic mass is 10.2. The van der Waals surface area contributed by atoms with Crippen molar-refractivity contribution in [2.75, 3.05) is 6.54 Å². The average Bonchev–Trinajstić information content (AvgIpc) is 2.14. The Morgan fingerprint density at radius 3 is 2.67 bits per heavy atom. The summed E-state index contributed by atoms with van der Waals surface area (Å²) in [5.41, 5.74) is 5.85. The van der Waals surface area contributed by atoms with Crippen molar-refractivity contribution < 1.29 is 9.84 Å². The second-order valence-corrected chi connectivity index (χ2v) is 3.60. The van der Waals surface area contributed by atoms with Crippen molar-refractivity contribution in [3.05, 3.63) is 17.6 Å².